The fraction of sp³-hybridized carbons (Fsp3) is 0.182. The number of nitrogens with zero attached hydrogens (tertiary/aromatic N) is 3. The van der Waals surface area contributed by atoms with Crippen molar-refractivity contribution in [1.82, 2.24) is 15.0 Å². The molecule has 6 heteroatoms. The minimum absolute atomic E-state index is 0.596. The number of anilines is 2. The van der Waals surface area contributed by atoms with Gasteiger partial charge in [-0.1, -0.05) is 0 Å². The molecule has 0 amide bonds. The Bertz CT molecular complexity index is 529. The standard InChI is InChI=1S/C11H12BrN5/c1-7-14-3-2-9(17-7)6-16-11-10(12)4-8(13)5-15-11/h2-5H,6,13H2,1H3,(H,15,16). The van der Waals surface area contributed by atoms with Crippen molar-refractivity contribution in [2.75, 3.05) is 11.1 Å². The zero-order valence-corrected chi connectivity index (χ0v) is 10.9. The van der Waals surface area contributed by atoms with Crippen molar-refractivity contribution in [3.05, 3.63) is 40.5 Å². The number of aromatic nitrogens is 3. The summed E-state index contributed by atoms with van der Waals surface area (Å²) in [5, 5.41) is 3.18. The van der Waals surface area contributed by atoms with E-state index in [1.54, 1.807) is 18.5 Å². The van der Waals surface area contributed by atoms with E-state index in [1.807, 2.05) is 13.0 Å². The fourth-order valence-corrected chi connectivity index (χ4v) is 1.87. The van der Waals surface area contributed by atoms with Crippen LogP contribution in [-0.4, -0.2) is 15.0 Å². The lowest BCUT2D eigenvalue weighted by Crippen LogP contribution is -2.05. The number of hydrogen-bond donors (Lipinski definition) is 2. The Morgan fingerprint density at radius 1 is 1.41 bits per heavy atom. The van der Waals surface area contributed by atoms with Gasteiger partial charge in [-0.25, -0.2) is 15.0 Å². The monoisotopic (exact) mass is 293 g/mol. The number of halogens is 1. The van der Waals surface area contributed by atoms with Crippen LogP contribution in [0.4, 0.5) is 11.5 Å². The smallest absolute Gasteiger partial charge is 0.140 e. The number of nitrogen functional groups attached to an aromatic ring is 1. The number of aryl methyl sites for hydroxylation is 1. The summed E-state index contributed by atoms with van der Waals surface area (Å²) in [4.78, 5) is 12.5. The van der Waals surface area contributed by atoms with E-state index >= 15 is 0 Å². The molecule has 0 saturated heterocycles. The molecule has 0 spiro atoms. The van der Waals surface area contributed by atoms with Crippen LogP contribution in [0, 0.1) is 6.92 Å². The van der Waals surface area contributed by atoms with Gasteiger partial charge in [-0.05, 0) is 35.0 Å². The molecule has 0 atom stereocenters. The molecule has 0 fully saturated rings. The van der Waals surface area contributed by atoms with Crippen LogP contribution >= 0.6 is 15.9 Å². The Balaban J connectivity index is 2.07. The van der Waals surface area contributed by atoms with Crippen LogP contribution in [0.25, 0.3) is 0 Å². The predicted octanol–water partition coefficient (Wildman–Crippen LogP) is 2.14. The lowest BCUT2D eigenvalue weighted by Gasteiger charge is -2.07. The zero-order valence-electron chi connectivity index (χ0n) is 9.31. The minimum atomic E-state index is 0.596. The van der Waals surface area contributed by atoms with E-state index in [0.717, 1.165) is 21.8 Å². The molecule has 0 aliphatic carbocycles. The zero-order chi connectivity index (χ0) is 12.3. The average Bonchev–Trinajstić information content (AvgIpc) is 2.28. The predicted molar refractivity (Wildman–Crippen MR) is 70.4 cm³/mol. The quantitative estimate of drug-likeness (QED) is 0.907. The molecule has 0 bridgehead atoms. The van der Waals surface area contributed by atoms with Crippen LogP contribution in [0.15, 0.2) is 29.0 Å². The molecule has 88 valence electrons. The van der Waals surface area contributed by atoms with Gasteiger partial charge in [0.25, 0.3) is 0 Å². The molecule has 5 nitrogen and oxygen atoms in total. The Labute approximate surface area is 108 Å². The van der Waals surface area contributed by atoms with Gasteiger partial charge in [0.15, 0.2) is 0 Å². The summed E-state index contributed by atoms with van der Waals surface area (Å²) in [6.45, 7) is 2.46. The lowest BCUT2D eigenvalue weighted by molar-refractivity contribution is 0.949. The van der Waals surface area contributed by atoms with Crippen molar-refractivity contribution < 1.29 is 0 Å². The number of hydrogen-bond acceptors (Lipinski definition) is 5. The van der Waals surface area contributed by atoms with Crippen LogP contribution in [-0.2, 0) is 6.54 Å². The maximum atomic E-state index is 5.61. The van der Waals surface area contributed by atoms with Crippen molar-refractivity contribution in [2.45, 2.75) is 13.5 Å². The molecule has 3 N–H and O–H groups in total. The normalized spacial score (nSPS) is 10.2. The highest BCUT2D eigenvalue weighted by Gasteiger charge is 2.02. The molecule has 2 aromatic rings. The average molecular weight is 294 g/mol. The summed E-state index contributed by atoms with van der Waals surface area (Å²) in [5.41, 5.74) is 7.16. The Hall–Kier alpha value is -1.69. The van der Waals surface area contributed by atoms with Gasteiger partial charge in [-0.3, -0.25) is 0 Å². The van der Waals surface area contributed by atoms with E-state index < -0.39 is 0 Å². The van der Waals surface area contributed by atoms with E-state index in [-0.39, 0.29) is 0 Å². The van der Waals surface area contributed by atoms with Crippen LogP contribution in [0.2, 0.25) is 0 Å². The summed E-state index contributed by atoms with van der Waals surface area (Å²) >= 11 is 3.40. The summed E-state index contributed by atoms with van der Waals surface area (Å²) in [6, 6.07) is 3.67. The van der Waals surface area contributed by atoms with Crippen molar-refractivity contribution in [1.29, 1.82) is 0 Å². The van der Waals surface area contributed by atoms with E-state index in [9.17, 15) is 0 Å². The van der Waals surface area contributed by atoms with Gasteiger partial charge in [-0.15, -0.1) is 0 Å². The molecule has 0 aliphatic rings. The van der Waals surface area contributed by atoms with Crippen molar-refractivity contribution in [3.63, 3.8) is 0 Å². The molecule has 0 aliphatic heterocycles. The first-order valence-corrected chi connectivity index (χ1v) is 5.88. The van der Waals surface area contributed by atoms with Gasteiger partial charge in [0.05, 0.1) is 28.6 Å². The third kappa shape index (κ3) is 3.13. The molecule has 0 aromatic carbocycles. The second kappa shape index (κ2) is 5.09. The number of nitrogens with two attached hydrogens (primary N) is 1. The maximum absolute atomic E-state index is 5.61. The molecule has 2 heterocycles. The van der Waals surface area contributed by atoms with Crippen LogP contribution in [0.5, 0.6) is 0 Å². The number of rotatable bonds is 3. The molecule has 2 aromatic heterocycles. The van der Waals surface area contributed by atoms with Crippen LogP contribution in [0.1, 0.15) is 11.5 Å². The third-order valence-corrected chi connectivity index (χ3v) is 2.74. The van der Waals surface area contributed by atoms with Gasteiger partial charge in [-0.2, -0.15) is 0 Å². The number of nitrogens with one attached hydrogen (secondary N) is 1. The SMILES string of the molecule is Cc1nccc(CNc2ncc(N)cc2Br)n1. The summed E-state index contributed by atoms with van der Waals surface area (Å²) in [6.07, 6.45) is 3.35. The molecular formula is C11H12BrN5. The first-order valence-electron chi connectivity index (χ1n) is 5.08. The molecule has 0 saturated carbocycles. The Morgan fingerprint density at radius 3 is 2.94 bits per heavy atom. The van der Waals surface area contributed by atoms with Gasteiger partial charge in [0, 0.05) is 6.20 Å². The van der Waals surface area contributed by atoms with Gasteiger partial charge >= 0.3 is 0 Å². The van der Waals surface area contributed by atoms with Gasteiger partial charge < -0.3 is 11.1 Å². The number of pyridine rings is 1. The maximum Gasteiger partial charge on any atom is 0.140 e. The third-order valence-electron chi connectivity index (χ3n) is 2.13. The summed E-state index contributed by atoms with van der Waals surface area (Å²) in [7, 11) is 0. The van der Waals surface area contributed by atoms with E-state index in [0.29, 0.717) is 12.2 Å². The van der Waals surface area contributed by atoms with Gasteiger partial charge in [0.1, 0.15) is 11.6 Å². The molecular weight excluding hydrogens is 282 g/mol. The summed E-state index contributed by atoms with van der Waals surface area (Å²) < 4.78 is 0.836. The summed E-state index contributed by atoms with van der Waals surface area (Å²) in [5.74, 6) is 1.50. The minimum Gasteiger partial charge on any atom is -0.397 e. The second-order valence-electron chi connectivity index (χ2n) is 3.55. The van der Waals surface area contributed by atoms with Crippen molar-refractivity contribution in [3.8, 4) is 0 Å². The topological polar surface area (TPSA) is 76.7 Å². The molecule has 0 unspecified atom stereocenters. The molecule has 0 radical (unpaired) electrons. The van der Waals surface area contributed by atoms with E-state index in [1.165, 1.54) is 0 Å². The van der Waals surface area contributed by atoms with Gasteiger partial charge in [0.2, 0.25) is 0 Å². The molecule has 2 rings (SSSR count). The first-order chi connectivity index (χ1) is 8.15. The van der Waals surface area contributed by atoms with Crippen LogP contribution in [0.3, 0.4) is 0 Å². The van der Waals surface area contributed by atoms with E-state index in [4.69, 9.17) is 5.73 Å². The Kier molecular flexibility index (Phi) is 3.53. The molecule has 17 heavy (non-hydrogen) atoms. The van der Waals surface area contributed by atoms with Crippen molar-refractivity contribution in [2.24, 2.45) is 0 Å². The van der Waals surface area contributed by atoms with E-state index in [2.05, 4.69) is 36.2 Å². The first kappa shape index (κ1) is 11.8. The highest BCUT2D eigenvalue weighted by atomic mass is 79.9. The van der Waals surface area contributed by atoms with Crippen LogP contribution < -0.4 is 11.1 Å². The second-order valence-corrected chi connectivity index (χ2v) is 4.40. The highest BCUT2D eigenvalue weighted by molar-refractivity contribution is 9.10. The lowest BCUT2D eigenvalue weighted by atomic mass is 10.3. The van der Waals surface area contributed by atoms with Crippen molar-refractivity contribution >= 4 is 27.4 Å². The largest absolute Gasteiger partial charge is 0.397 e. The Morgan fingerprint density at radius 2 is 2.24 bits per heavy atom. The fourth-order valence-electron chi connectivity index (χ4n) is 1.36. The highest BCUT2D eigenvalue weighted by Crippen LogP contribution is 2.21.